The predicted molar refractivity (Wildman–Crippen MR) is 66.6 cm³/mol. The molecule has 4 nitrogen and oxygen atoms in total. The molecule has 0 aromatic carbocycles. The normalized spacial score (nSPS) is 19.2. The van der Waals surface area contributed by atoms with Crippen molar-refractivity contribution in [3.05, 3.63) is 30.1 Å². The largest absolute Gasteiger partial charge is 0.344 e. The Morgan fingerprint density at radius 2 is 2.29 bits per heavy atom. The van der Waals surface area contributed by atoms with Crippen molar-refractivity contribution in [3.8, 4) is 0 Å². The van der Waals surface area contributed by atoms with Gasteiger partial charge in [-0.05, 0) is 37.1 Å². The minimum absolute atomic E-state index is 0.171. The molecular weight excluding hydrogens is 214 g/mol. The summed E-state index contributed by atoms with van der Waals surface area (Å²) < 4.78 is 0. The van der Waals surface area contributed by atoms with Crippen molar-refractivity contribution in [2.75, 3.05) is 20.1 Å². The first-order valence-corrected chi connectivity index (χ1v) is 6.12. The number of nitrogens with zero attached hydrogens (tertiary/aromatic N) is 2. The van der Waals surface area contributed by atoms with Gasteiger partial charge in [0.1, 0.15) is 0 Å². The Morgan fingerprint density at radius 1 is 1.53 bits per heavy atom. The average Bonchev–Trinajstić information content (AvgIpc) is 2.83. The van der Waals surface area contributed by atoms with Gasteiger partial charge < -0.3 is 10.2 Å². The second-order valence-electron chi connectivity index (χ2n) is 4.60. The lowest BCUT2D eigenvalue weighted by molar-refractivity contribution is -0.129. The number of nitrogens with one attached hydrogen (secondary N) is 1. The van der Waals surface area contributed by atoms with Gasteiger partial charge in [-0.2, -0.15) is 0 Å². The Kier molecular flexibility index (Phi) is 4.09. The van der Waals surface area contributed by atoms with Gasteiger partial charge >= 0.3 is 0 Å². The van der Waals surface area contributed by atoms with Crippen LogP contribution < -0.4 is 5.32 Å². The molecule has 1 amide bonds. The fourth-order valence-electron chi connectivity index (χ4n) is 2.16. The summed E-state index contributed by atoms with van der Waals surface area (Å²) in [6.45, 7) is 1.89. The van der Waals surface area contributed by atoms with Crippen LogP contribution in [0.5, 0.6) is 0 Å². The summed E-state index contributed by atoms with van der Waals surface area (Å²) in [5, 5.41) is 3.40. The number of hydrogen-bond donors (Lipinski definition) is 1. The average molecular weight is 233 g/mol. The number of carbonyl (C=O) groups is 1. The zero-order chi connectivity index (χ0) is 12.1. The first-order chi connectivity index (χ1) is 8.25. The number of amides is 1. The van der Waals surface area contributed by atoms with Crippen LogP contribution >= 0.6 is 0 Å². The Morgan fingerprint density at radius 3 is 2.94 bits per heavy atom. The van der Waals surface area contributed by atoms with Gasteiger partial charge in [-0.15, -0.1) is 0 Å². The van der Waals surface area contributed by atoms with Crippen molar-refractivity contribution in [1.82, 2.24) is 15.2 Å². The molecule has 1 aliphatic rings. The van der Waals surface area contributed by atoms with Crippen molar-refractivity contribution in [1.29, 1.82) is 0 Å². The quantitative estimate of drug-likeness (QED) is 0.838. The Bertz CT molecular complexity index is 360. The molecule has 2 rings (SSSR count). The fourth-order valence-corrected chi connectivity index (χ4v) is 2.16. The third-order valence-corrected chi connectivity index (χ3v) is 3.19. The molecule has 1 N–H and O–H groups in total. The molecule has 0 bridgehead atoms. The van der Waals surface area contributed by atoms with Crippen LogP contribution in [0.3, 0.4) is 0 Å². The van der Waals surface area contributed by atoms with Crippen molar-refractivity contribution < 1.29 is 4.79 Å². The van der Waals surface area contributed by atoms with Crippen molar-refractivity contribution in [2.24, 2.45) is 0 Å². The minimum Gasteiger partial charge on any atom is -0.344 e. The molecule has 92 valence electrons. The van der Waals surface area contributed by atoms with Crippen molar-refractivity contribution in [2.45, 2.75) is 25.3 Å². The summed E-state index contributed by atoms with van der Waals surface area (Å²) in [4.78, 5) is 17.7. The molecule has 2 heterocycles. The molecule has 4 heteroatoms. The molecule has 17 heavy (non-hydrogen) atoms. The van der Waals surface area contributed by atoms with E-state index in [0.717, 1.165) is 18.7 Å². The zero-order valence-corrected chi connectivity index (χ0v) is 10.2. The topological polar surface area (TPSA) is 45.2 Å². The highest BCUT2D eigenvalue weighted by Gasteiger charge is 2.18. The van der Waals surface area contributed by atoms with E-state index in [2.05, 4.69) is 10.3 Å². The number of carbonyl (C=O) groups excluding carboxylic acids is 1. The van der Waals surface area contributed by atoms with Crippen molar-refractivity contribution >= 4 is 5.91 Å². The van der Waals surface area contributed by atoms with E-state index in [4.69, 9.17) is 0 Å². The summed E-state index contributed by atoms with van der Waals surface area (Å²) >= 11 is 0. The van der Waals surface area contributed by atoms with Gasteiger partial charge in [0, 0.05) is 32.0 Å². The number of likely N-dealkylation sites (N-methyl/N-ethyl adjacent to an activating group) is 1. The first-order valence-electron chi connectivity index (χ1n) is 6.12. The maximum absolute atomic E-state index is 12.0. The van der Waals surface area contributed by atoms with Gasteiger partial charge in [0.2, 0.25) is 5.91 Å². The van der Waals surface area contributed by atoms with E-state index in [0.29, 0.717) is 12.5 Å². The van der Waals surface area contributed by atoms with E-state index in [1.807, 2.05) is 24.1 Å². The molecule has 1 unspecified atom stereocenters. The summed E-state index contributed by atoms with van der Waals surface area (Å²) in [7, 11) is 1.88. The molecule has 0 aliphatic carbocycles. The highest BCUT2D eigenvalue weighted by atomic mass is 16.2. The van der Waals surface area contributed by atoms with E-state index in [9.17, 15) is 4.79 Å². The smallest absolute Gasteiger partial charge is 0.226 e. The zero-order valence-electron chi connectivity index (χ0n) is 10.2. The Labute approximate surface area is 102 Å². The molecule has 1 atom stereocenters. The predicted octanol–water partition coefficient (Wildman–Crippen LogP) is 0.834. The lowest BCUT2D eigenvalue weighted by Crippen LogP contribution is -2.39. The Balaban J connectivity index is 1.82. The van der Waals surface area contributed by atoms with Crippen LogP contribution in [0.15, 0.2) is 24.5 Å². The molecule has 0 radical (unpaired) electrons. The van der Waals surface area contributed by atoms with E-state index < -0.39 is 0 Å². The van der Waals surface area contributed by atoms with Crippen LogP contribution in [0.25, 0.3) is 0 Å². The third kappa shape index (κ3) is 3.53. The summed E-state index contributed by atoms with van der Waals surface area (Å²) in [5.41, 5.74) is 1.02. The molecule has 1 fully saturated rings. The molecular formula is C13H19N3O. The van der Waals surface area contributed by atoms with Gasteiger partial charge in [0.25, 0.3) is 0 Å². The highest BCUT2D eigenvalue weighted by molar-refractivity contribution is 5.78. The highest BCUT2D eigenvalue weighted by Crippen LogP contribution is 2.07. The first kappa shape index (κ1) is 12.0. The number of aromatic nitrogens is 1. The van der Waals surface area contributed by atoms with Gasteiger partial charge in [-0.1, -0.05) is 0 Å². The minimum atomic E-state index is 0.171. The molecule has 1 saturated heterocycles. The summed E-state index contributed by atoms with van der Waals surface area (Å²) in [6.07, 6.45) is 6.30. The second kappa shape index (κ2) is 5.77. The summed E-state index contributed by atoms with van der Waals surface area (Å²) in [5.74, 6) is 0.171. The Hall–Kier alpha value is -1.42. The molecule has 1 aromatic rings. The van der Waals surface area contributed by atoms with Gasteiger partial charge in [0.15, 0.2) is 0 Å². The number of hydrogen-bond acceptors (Lipinski definition) is 3. The molecule has 0 saturated carbocycles. The monoisotopic (exact) mass is 233 g/mol. The van der Waals surface area contributed by atoms with Crippen LogP contribution in [-0.4, -0.2) is 42.0 Å². The van der Waals surface area contributed by atoms with E-state index >= 15 is 0 Å². The standard InChI is InChI=1S/C13H19N3O/c1-16(10-12-3-2-6-15-12)13(17)9-11-4-7-14-8-5-11/h4-5,7-8,12,15H,2-3,6,9-10H2,1H3. The third-order valence-electron chi connectivity index (χ3n) is 3.19. The maximum Gasteiger partial charge on any atom is 0.226 e. The van der Waals surface area contributed by atoms with Crippen LogP contribution in [0, 0.1) is 0 Å². The van der Waals surface area contributed by atoms with Crippen LogP contribution in [0.4, 0.5) is 0 Å². The lowest BCUT2D eigenvalue weighted by Gasteiger charge is -2.21. The second-order valence-corrected chi connectivity index (χ2v) is 4.60. The van der Waals surface area contributed by atoms with Crippen LogP contribution in [-0.2, 0) is 11.2 Å². The molecule has 1 aromatic heterocycles. The van der Waals surface area contributed by atoms with Crippen LogP contribution in [0.2, 0.25) is 0 Å². The number of pyridine rings is 1. The summed E-state index contributed by atoms with van der Waals surface area (Å²) in [6, 6.07) is 4.25. The van der Waals surface area contributed by atoms with Gasteiger partial charge in [0.05, 0.1) is 6.42 Å². The molecule has 0 spiro atoms. The van der Waals surface area contributed by atoms with Crippen molar-refractivity contribution in [3.63, 3.8) is 0 Å². The fraction of sp³-hybridized carbons (Fsp3) is 0.538. The lowest BCUT2D eigenvalue weighted by atomic mass is 10.1. The molecule has 1 aliphatic heterocycles. The van der Waals surface area contributed by atoms with E-state index in [-0.39, 0.29) is 5.91 Å². The van der Waals surface area contributed by atoms with Gasteiger partial charge in [-0.3, -0.25) is 9.78 Å². The van der Waals surface area contributed by atoms with Crippen LogP contribution in [0.1, 0.15) is 18.4 Å². The van der Waals surface area contributed by atoms with E-state index in [1.54, 1.807) is 12.4 Å². The van der Waals surface area contributed by atoms with E-state index in [1.165, 1.54) is 12.8 Å². The van der Waals surface area contributed by atoms with Gasteiger partial charge in [-0.25, -0.2) is 0 Å². The SMILES string of the molecule is CN(CC1CCCN1)C(=O)Cc1ccncc1. The number of rotatable bonds is 4. The maximum atomic E-state index is 12.0.